The summed E-state index contributed by atoms with van der Waals surface area (Å²) in [5.41, 5.74) is 1.17. The van der Waals surface area contributed by atoms with Crippen molar-refractivity contribution < 1.29 is 9.90 Å². The number of rotatable bonds is 4. The second kappa shape index (κ2) is 6.36. The Morgan fingerprint density at radius 3 is 2.89 bits per heavy atom. The third-order valence-corrected chi connectivity index (χ3v) is 3.49. The van der Waals surface area contributed by atoms with E-state index in [4.69, 9.17) is 5.11 Å². The monoisotopic (exact) mass is 245 g/mol. The SMILES string of the molecule is O=C(O)C1CNCCC1CC=Cc1ccccc1. The molecule has 3 nitrogen and oxygen atoms in total. The molecule has 0 aliphatic carbocycles. The van der Waals surface area contributed by atoms with Crippen LogP contribution in [0.5, 0.6) is 0 Å². The third-order valence-electron chi connectivity index (χ3n) is 3.49. The van der Waals surface area contributed by atoms with Gasteiger partial charge < -0.3 is 10.4 Å². The molecule has 0 amide bonds. The minimum atomic E-state index is -0.680. The van der Waals surface area contributed by atoms with Crippen LogP contribution in [0, 0.1) is 11.8 Å². The van der Waals surface area contributed by atoms with Crippen molar-refractivity contribution in [2.75, 3.05) is 13.1 Å². The number of carboxylic acid groups (broad SMARTS) is 1. The molecule has 2 atom stereocenters. The smallest absolute Gasteiger partial charge is 0.308 e. The average molecular weight is 245 g/mol. The minimum Gasteiger partial charge on any atom is -0.481 e. The number of nitrogens with one attached hydrogen (secondary N) is 1. The number of allylic oxidation sites excluding steroid dienone is 1. The fraction of sp³-hybridized carbons (Fsp3) is 0.400. The predicted octanol–water partition coefficient (Wildman–Crippen LogP) is 2.40. The second-order valence-corrected chi connectivity index (χ2v) is 4.75. The molecule has 96 valence electrons. The molecule has 1 aromatic carbocycles. The quantitative estimate of drug-likeness (QED) is 0.856. The van der Waals surface area contributed by atoms with Crippen LogP contribution in [0.2, 0.25) is 0 Å². The van der Waals surface area contributed by atoms with E-state index in [9.17, 15) is 4.79 Å². The van der Waals surface area contributed by atoms with Gasteiger partial charge in [0.2, 0.25) is 0 Å². The number of carboxylic acids is 1. The predicted molar refractivity (Wildman–Crippen MR) is 72.2 cm³/mol. The van der Waals surface area contributed by atoms with Gasteiger partial charge in [-0.2, -0.15) is 0 Å². The summed E-state index contributed by atoms with van der Waals surface area (Å²) in [5, 5.41) is 12.3. The molecule has 0 bridgehead atoms. The lowest BCUT2D eigenvalue weighted by Crippen LogP contribution is -2.40. The molecule has 1 fully saturated rings. The van der Waals surface area contributed by atoms with Crippen LogP contribution in [0.25, 0.3) is 6.08 Å². The van der Waals surface area contributed by atoms with E-state index >= 15 is 0 Å². The molecular weight excluding hydrogens is 226 g/mol. The number of benzene rings is 1. The first-order valence-electron chi connectivity index (χ1n) is 6.42. The van der Waals surface area contributed by atoms with E-state index in [2.05, 4.69) is 17.5 Å². The van der Waals surface area contributed by atoms with Gasteiger partial charge in [0.05, 0.1) is 5.92 Å². The maximum Gasteiger partial charge on any atom is 0.308 e. The van der Waals surface area contributed by atoms with E-state index in [1.165, 1.54) is 5.56 Å². The summed E-state index contributed by atoms with van der Waals surface area (Å²) in [4.78, 5) is 11.1. The van der Waals surface area contributed by atoms with Crippen LogP contribution in [0.4, 0.5) is 0 Å². The van der Waals surface area contributed by atoms with Gasteiger partial charge in [0.25, 0.3) is 0 Å². The normalized spacial score (nSPS) is 24.2. The number of carbonyl (C=O) groups is 1. The van der Waals surface area contributed by atoms with E-state index in [1.807, 2.05) is 30.3 Å². The van der Waals surface area contributed by atoms with Gasteiger partial charge in [0.1, 0.15) is 0 Å². The highest BCUT2D eigenvalue weighted by Crippen LogP contribution is 2.23. The molecule has 0 saturated carbocycles. The highest BCUT2D eigenvalue weighted by molar-refractivity contribution is 5.70. The summed E-state index contributed by atoms with van der Waals surface area (Å²) in [5.74, 6) is -0.678. The van der Waals surface area contributed by atoms with Crippen molar-refractivity contribution in [2.24, 2.45) is 11.8 Å². The van der Waals surface area contributed by atoms with Crippen LogP contribution in [0.1, 0.15) is 18.4 Å². The van der Waals surface area contributed by atoms with E-state index in [0.717, 1.165) is 19.4 Å². The molecule has 0 radical (unpaired) electrons. The zero-order valence-corrected chi connectivity index (χ0v) is 10.4. The number of piperidine rings is 1. The van der Waals surface area contributed by atoms with Gasteiger partial charge in [0.15, 0.2) is 0 Å². The first-order chi connectivity index (χ1) is 8.77. The van der Waals surface area contributed by atoms with Crippen molar-refractivity contribution in [3.63, 3.8) is 0 Å². The molecule has 0 aromatic heterocycles. The number of hydrogen-bond donors (Lipinski definition) is 2. The lowest BCUT2D eigenvalue weighted by molar-refractivity contribution is -0.144. The Labute approximate surface area is 108 Å². The molecule has 2 N–H and O–H groups in total. The molecular formula is C15H19NO2. The number of aliphatic carboxylic acids is 1. The summed E-state index contributed by atoms with van der Waals surface area (Å²) < 4.78 is 0. The highest BCUT2D eigenvalue weighted by Gasteiger charge is 2.29. The Balaban J connectivity index is 1.92. The van der Waals surface area contributed by atoms with Crippen molar-refractivity contribution >= 4 is 12.0 Å². The lowest BCUT2D eigenvalue weighted by atomic mass is 9.84. The van der Waals surface area contributed by atoms with E-state index in [1.54, 1.807) is 0 Å². The van der Waals surface area contributed by atoms with Gasteiger partial charge in [-0.25, -0.2) is 0 Å². The maximum absolute atomic E-state index is 11.1. The fourth-order valence-electron chi connectivity index (χ4n) is 2.43. The van der Waals surface area contributed by atoms with Gasteiger partial charge in [-0.3, -0.25) is 4.79 Å². The summed E-state index contributed by atoms with van der Waals surface area (Å²) >= 11 is 0. The van der Waals surface area contributed by atoms with Crippen molar-refractivity contribution in [2.45, 2.75) is 12.8 Å². The largest absolute Gasteiger partial charge is 0.481 e. The summed E-state index contributed by atoms with van der Waals surface area (Å²) in [6.07, 6.45) is 5.95. The van der Waals surface area contributed by atoms with Gasteiger partial charge >= 0.3 is 5.97 Å². The molecule has 2 rings (SSSR count). The van der Waals surface area contributed by atoms with Crippen LogP contribution < -0.4 is 5.32 Å². The first kappa shape index (κ1) is 12.8. The van der Waals surface area contributed by atoms with Crippen LogP contribution in [0.3, 0.4) is 0 Å². The number of hydrogen-bond acceptors (Lipinski definition) is 2. The Morgan fingerprint density at radius 2 is 2.17 bits per heavy atom. The van der Waals surface area contributed by atoms with Gasteiger partial charge in [-0.15, -0.1) is 0 Å². The van der Waals surface area contributed by atoms with Crippen molar-refractivity contribution in [3.05, 3.63) is 42.0 Å². The molecule has 1 saturated heterocycles. The van der Waals surface area contributed by atoms with Crippen LogP contribution >= 0.6 is 0 Å². The molecule has 1 aliphatic heterocycles. The fourth-order valence-corrected chi connectivity index (χ4v) is 2.43. The Kier molecular flexibility index (Phi) is 4.53. The van der Waals surface area contributed by atoms with E-state index < -0.39 is 5.97 Å². The molecule has 1 aromatic rings. The van der Waals surface area contributed by atoms with Gasteiger partial charge in [0, 0.05) is 6.54 Å². The second-order valence-electron chi connectivity index (χ2n) is 4.75. The Morgan fingerprint density at radius 1 is 1.39 bits per heavy atom. The van der Waals surface area contributed by atoms with Gasteiger partial charge in [-0.05, 0) is 30.9 Å². The maximum atomic E-state index is 11.1. The summed E-state index contributed by atoms with van der Waals surface area (Å²) in [6, 6.07) is 10.1. The van der Waals surface area contributed by atoms with Crippen LogP contribution in [-0.4, -0.2) is 24.2 Å². The van der Waals surface area contributed by atoms with E-state index in [0.29, 0.717) is 6.54 Å². The van der Waals surface area contributed by atoms with E-state index in [-0.39, 0.29) is 11.8 Å². The molecule has 2 unspecified atom stereocenters. The molecule has 18 heavy (non-hydrogen) atoms. The molecule has 1 heterocycles. The highest BCUT2D eigenvalue weighted by atomic mass is 16.4. The molecule has 0 spiro atoms. The summed E-state index contributed by atoms with van der Waals surface area (Å²) in [6.45, 7) is 1.52. The van der Waals surface area contributed by atoms with Gasteiger partial charge in [-0.1, -0.05) is 42.5 Å². The zero-order valence-electron chi connectivity index (χ0n) is 10.4. The molecule has 1 aliphatic rings. The van der Waals surface area contributed by atoms with Crippen molar-refractivity contribution in [1.82, 2.24) is 5.32 Å². The van der Waals surface area contributed by atoms with Crippen molar-refractivity contribution in [1.29, 1.82) is 0 Å². The average Bonchev–Trinajstić information content (AvgIpc) is 2.40. The molecule has 3 heteroatoms. The Hall–Kier alpha value is -1.61. The summed E-state index contributed by atoms with van der Waals surface area (Å²) in [7, 11) is 0. The Bertz CT molecular complexity index is 414. The first-order valence-corrected chi connectivity index (χ1v) is 6.42. The lowest BCUT2D eigenvalue weighted by Gasteiger charge is -2.28. The van der Waals surface area contributed by atoms with Crippen LogP contribution in [0.15, 0.2) is 36.4 Å². The third kappa shape index (κ3) is 3.44. The van der Waals surface area contributed by atoms with Crippen molar-refractivity contribution in [3.8, 4) is 0 Å². The zero-order chi connectivity index (χ0) is 12.8. The minimum absolute atomic E-state index is 0.251. The van der Waals surface area contributed by atoms with Crippen LogP contribution in [-0.2, 0) is 4.79 Å². The topological polar surface area (TPSA) is 49.3 Å². The standard InChI is InChI=1S/C15H19NO2/c17-15(18)14-11-16-10-9-13(14)8-4-7-12-5-2-1-3-6-12/h1-7,13-14,16H,8-11H2,(H,17,18).